The van der Waals surface area contributed by atoms with Gasteiger partial charge in [0.15, 0.2) is 0 Å². The van der Waals surface area contributed by atoms with Gasteiger partial charge < -0.3 is 15.4 Å². The Kier molecular flexibility index (Phi) is 6.85. The molecular formula is C12H21N3O2S. The van der Waals surface area contributed by atoms with Crippen LogP contribution in [0.4, 0.5) is 0 Å². The molecule has 0 aromatic carbocycles. The van der Waals surface area contributed by atoms with Crippen LogP contribution in [0.25, 0.3) is 0 Å². The zero-order valence-electron chi connectivity index (χ0n) is 11.2. The predicted octanol–water partition coefficient (Wildman–Crippen LogP) is 1.00. The van der Waals surface area contributed by atoms with E-state index in [9.17, 15) is 4.79 Å². The van der Waals surface area contributed by atoms with Gasteiger partial charge in [-0.1, -0.05) is 0 Å². The summed E-state index contributed by atoms with van der Waals surface area (Å²) in [6.07, 6.45) is 0.487. The number of ether oxygens (including phenoxy) is 1. The van der Waals surface area contributed by atoms with E-state index in [4.69, 9.17) is 4.74 Å². The van der Waals surface area contributed by atoms with Gasteiger partial charge in [-0.25, -0.2) is 4.98 Å². The van der Waals surface area contributed by atoms with Gasteiger partial charge in [0.1, 0.15) is 0 Å². The van der Waals surface area contributed by atoms with Crippen LogP contribution in [0.15, 0.2) is 0 Å². The highest BCUT2D eigenvalue weighted by atomic mass is 32.1. The zero-order valence-corrected chi connectivity index (χ0v) is 12.0. The highest BCUT2D eigenvalue weighted by Crippen LogP contribution is 2.16. The van der Waals surface area contributed by atoms with E-state index in [1.807, 2.05) is 13.8 Å². The van der Waals surface area contributed by atoms with E-state index in [0.29, 0.717) is 26.1 Å². The number of aryl methyl sites for hydroxylation is 2. The van der Waals surface area contributed by atoms with Crippen molar-refractivity contribution in [3.63, 3.8) is 0 Å². The summed E-state index contributed by atoms with van der Waals surface area (Å²) in [5, 5.41) is 7.12. The van der Waals surface area contributed by atoms with Gasteiger partial charge in [0.05, 0.1) is 17.3 Å². The van der Waals surface area contributed by atoms with Crippen LogP contribution < -0.4 is 10.6 Å². The summed E-state index contributed by atoms with van der Waals surface area (Å²) in [5.74, 6) is 0.0526. The number of nitrogens with one attached hydrogen (secondary N) is 2. The first kappa shape index (κ1) is 15.1. The largest absolute Gasteiger partial charge is 0.383 e. The Morgan fingerprint density at radius 2 is 2.17 bits per heavy atom. The molecule has 0 saturated heterocycles. The highest BCUT2D eigenvalue weighted by Gasteiger charge is 2.04. The SMILES string of the molecule is COCCNC(=O)CCNCc1sc(C)nc1C. The van der Waals surface area contributed by atoms with E-state index in [1.165, 1.54) is 4.88 Å². The van der Waals surface area contributed by atoms with Gasteiger partial charge in [0.2, 0.25) is 5.91 Å². The molecule has 0 spiro atoms. The smallest absolute Gasteiger partial charge is 0.221 e. The van der Waals surface area contributed by atoms with Crippen LogP contribution in [0, 0.1) is 13.8 Å². The van der Waals surface area contributed by atoms with E-state index in [1.54, 1.807) is 18.4 Å². The van der Waals surface area contributed by atoms with Crippen molar-refractivity contribution in [2.75, 3.05) is 26.8 Å². The number of rotatable bonds is 8. The van der Waals surface area contributed by atoms with Crippen molar-refractivity contribution in [3.05, 3.63) is 15.6 Å². The highest BCUT2D eigenvalue weighted by molar-refractivity contribution is 7.11. The van der Waals surface area contributed by atoms with Crippen LogP contribution in [0.2, 0.25) is 0 Å². The maximum absolute atomic E-state index is 11.4. The van der Waals surface area contributed by atoms with Crippen LogP contribution in [-0.2, 0) is 16.1 Å². The zero-order chi connectivity index (χ0) is 13.4. The van der Waals surface area contributed by atoms with Gasteiger partial charge in [-0.05, 0) is 13.8 Å². The Hall–Kier alpha value is -0.980. The summed E-state index contributed by atoms with van der Waals surface area (Å²) in [4.78, 5) is 17.0. The number of carbonyl (C=O) groups is 1. The molecule has 1 aromatic rings. The van der Waals surface area contributed by atoms with Gasteiger partial charge in [-0.15, -0.1) is 11.3 Å². The molecule has 0 aliphatic heterocycles. The minimum atomic E-state index is 0.0526. The first-order valence-electron chi connectivity index (χ1n) is 6.02. The summed E-state index contributed by atoms with van der Waals surface area (Å²) in [6, 6.07) is 0. The molecule has 0 aliphatic rings. The lowest BCUT2D eigenvalue weighted by Gasteiger charge is -2.05. The van der Waals surface area contributed by atoms with Crippen molar-refractivity contribution in [2.45, 2.75) is 26.8 Å². The molecule has 5 nitrogen and oxygen atoms in total. The fraction of sp³-hybridized carbons (Fsp3) is 0.667. The first-order chi connectivity index (χ1) is 8.63. The van der Waals surface area contributed by atoms with Crippen molar-refractivity contribution in [1.82, 2.24) is 15.6 Å². The van der Waals surface area contributed by atoms with Crippen molar-refractivity contribution < 1.29 is 9.53 Å². The molecule has 0 unspecified atom stereocenters. The minimum Gasteiger partial charge on any atom is -0.383 e. The molecule has 1 heterocycles. The van der Waals surface area contributed by atoms with Crippen molar-refractivity contribution in [1.29, 1.82) is 0 Å². The lowest BCUT2D eigenvalue weighted by Crippen LogP contribution is -2.29. The average molecular weight is 271 g/mol. The van der Waals surface area contributed by atoms with E-state index in [0.717, 1.165) is 17.2 Å². The second-order valence-corrected chi connectivity index (χ2v) is 5.30. The van der Waals surface area contributed by atoms with Crippen LogP contribution in [-0.4, -0.2) is 37.7 Å². The summed E-state index contributed by atoms with van der Waals surface area (Å²) in [6.45, 7) is 6.60. The lowest BCUT2D eigenvalue weighted by molar-refractivity contribution is -0.121. The second-order valence-electron chi connectivity index (χ2n) is 4.01. The molecule has 102 valence electrons. The number of amides is 1. The Bertz CT molecular complexity index is 379. The maximum Gasteiger partial charge on any atom is 0.221 e. The summed E-state index contributed by atoms with van der Waals surface area (Å²) in [7, 11) is 1.62. The van der Waals surface area contributed by atoms with Gasteiger partial charge in [0, 0.05) is 38.0 Å². The molecule has 0 radical (unpaired) electrons. The number of nitrogens with zero attached hydrogens (tertiary/aromatic N) is 1. The fourth-order valence-corrected chi connectivity index (χ4v) is 2.43. The monoisotopic (exact) mass is 271 g/mol. The Balaban J connectivity index is 2.11. The average Bonchev–Trinajstić information content (AvgIpc) is 2.64. The van der Waals surface area contributed by atoms with Gasteiger partial charge in [0.25, 0.3) is 0 Å². The van der Waals surface area contributed by atoms with Crippen LogP contribution >= 0.6 is 11.3 Å². The first-order valence-corrected chi connectivity index (χ1v) is 6.84. The number of methoxy groups -OCH3 is 1. The summed E-state index contributed by atoms with van der Waals surface area (Å²) in [5.41, 5.74) is 1.08. The van der Waals surface area contributed by atoms with Crippen molar-refractivity contribution in [3.8, 4) is 0 Å². The number of hydrogen-bond donors (Lipinski definition) is 2. The van der Waals surface area contributed by atoms with Gasteiger partial charge in [-0.2, -0.15) is 0 Å². The lowest BCUT2D eigenvalue weighted by atomic mass is 10.3. The number of hydrogen-bond acceptors (Lipinski definition) is 5. The van der Waals surface area contributed by atoms with Crippen LogP contribution in [0.3, 0.4) is 0 Å². The standard InChI is InChI=1S/C12H21N3O2S/c1-9-11(18-10(2)15-9)8-13-5-4-12(16)14-6-7-17-3/h13H,4-8H2,1-3H3,(H,14,16). The minimum absolute atomic E-state index is 0.0526. The third-order valence-corrected chi connectivity index (χ3v) is 3.52. The second kappa shape index (κ2) is 8.18. The molecule has 0 fully saturated rings. The maximum atomic E-state index is 11.4. The van der Waals surface area contributed by atoms with E-state index in [-0.39, 0.29) is 5.91 Å². The predicted molar refractivity (Wildman–Crippen MR) is 72.8 cm³/mol. The van der Waals surface area contributed by atoms with Gasteiger partial charge >= 0.3 is 0 Å². The van der Waals surface area contributed by atoms with E-state index < -0.39 is 0 Å². The third kappa shape index (κ3) is 5.57. The molecule has 0 bridgehead atoms. The van der Waals surface area contributed by atoms with Crippen molar-refractivity contribution in [2.24, 2.45) is 0 Å². The van der Waals surface area contributed by atoms with Crippen LogP contribution in [0.5, 0.6) is 0 Å². The van der Waals surface area contributed by atoms with Crippen LogP contribution in [0.1, 0.15) is 22.0 Å². The quantitative estimate of drug-likeness (QED) is 0.693. The van der Waals surface area contributed by atoms with E-state index in [2.05, 4.69) is 15.6 Å². The summed E-state index contributed by atoms with van der Waals surface area (Å²) >= 11 is 1.70. The van der Waals surface area contributed by atoms with Crippen molar-refractivity contribution >= 4 is 17.2 Å². The molecule has 0 aliphatic carbocycles. The molecule has 2 N–H and O–H groups in total. The third-order valence-electron chi connectivity index (χ3n) is 2.44. The van der Waals surface area contributed by atoms with Gasteiger partial charge in [-0.3, -0.25) is 4.79 Å². The molecule has 18 heavy (non-hydrogen) atoms. The normalized spacial score (nSPS) is 10.6. The molecule has 0 atom stereocenters. The molecule has 1 aromatic heterocycles. The topological polar surface area (TPSA) is 63.2 Å². The Morgan fingerprint density at radius 1 is 1.39 bits per heavy atom. The molecule has 1 rings (SSSR count). The van der Waals surface area contributed by atoms with E-state index >= 15 is 0 Å². The molecule has 0 saturated carbocycles. The number of carbonyl (C=O) groups excluding carboxylic acids is 1. The molecule has 6 heteroatoms. The molecular weight excluding hydrogens is 250 g/mol. The number of aromatic nitrogens is 1. The fourth-order valence-electron chi connectivity index (χ4n) is 1.52. The Morgan fingerprint density at radius 3 is 2.78 bits per heavy atom. The summed E-state index contributed by atoms with van der Waals surface area (Å²) < 4.78 is 4.86. The Labute approximate surface area is 112 Å². The number of thiazole rings is 1. The molecule has 1 amide bonds.